The van der Waals surface area contributed by atoms with Gasteiger partial charge in [0.2, 0.25) is 24.1 Å². The van der Waals surface area contributed by atoms with E-state index in [9.17, 15) is 29.1 Å². The molecule has 6 bridgehead atoms. The van der Waals surface area contributed by atoms with Crippen molar-refractivity contribution in [2.45, 2.75) is 117 Å². The highest BCUT2D eigenvalue weighted by molar-refractivity contribution is 5.92. The molecule has 0 aromatic carbocycles. The highest BCUT2D eigenvalue weighted by atomic mass is 16.6. The quantitative estimate of drug-likeness (QED) is 0.116. The van der Waals surface area contributed by atoms with Gasteiger partial charge in [-0.15, -0.1) is 0 Å². The van der Waals surface area contributed by atoms with Gasteiger partial charge >= 0.3 is 11.9 Å². The van der Waals surface area contributed by atoms with Gasteiger partial charge in [0.1, 0.15) is 48.6 Å². The van der Waals surface area contributed by atoms with E-state index in [1.54, 1.807) is 53.5 Å². The topological polar surface area (TPSA) is 233 Å². The van der Waals surface area contributed by atoms with Crippen LogP contribution in [0.4, 0.5) is 0 Å². The number of ketones is 2. The Morgan fingerprint density at radius 1 is 0.938 bits per heavy atom. The number of ether oxygens (including phenoxy) is 5. The number of oxazole rings is 3. The molecule has 0 spiro atoms. The number of allylic oxidation sites excluding steroid dienone is 1. The molecule has 1 aliphatic heterocycles. The van der Waals surface area contributed by atoms with Gasteiger partial charge in [-0.05, 0) is 37.3 Å². The van der Waals surface area contributed by atoms with Gasteiger partial charge in [0.05, 0.1) is 36.6 Å². The number of aliphatic hydroxyl groups is 1. The molecule has 0 saturated carbocycles. The summed E-state index contributed by atoms with van der Waals surface area (Å²) < 4.78 is 46.2. The summed E-state index contributed by atoms with van der Waals surface area (Å²) in [6, 6.07) is 0. The first kappa shape index (κ1) is 52.1. The number of hydrogen-bond donors (Lipinski definition) is 1. The highest BCUT2D eigenvalue weighted by Gasteiger charge is 2.35. The molecule has 4 heterocycles. The molecule has 1 aliphatic rings. The molecule has 18 nitrogen and oxygen atoms in total. The highest BCUT2D eigenvalue weighted by Crippen LogP contribution is 2.32. The first-order valence-electron chi connectivity index (χ1n) is 21.7. The van der Waals surface area contributed by atoms with Crippen LogP contribution in [-0.4, -0.2) is 114 Å². The predicted molar refractivity (Wildman–Crippen MR) is 235 cm³/mol. The van der Waals surface area contributed by atoms with E-state index in [0.717, 1.165) is 0 Å². The van der Waals surface area contributed by atoms with E-state index in [0.29, 0.717) is 36.3 Å². The normalized spacial score (nSPS) is 24.7. The van der Waals surface area contributed by atoms with E-state index in [2.05, 4.69) is 15.0 Å². The molecule has 4 rings (SSSR count). The number of aromatic nitrogens is 3. The molecule has 0 fully saturated rings. The number of amides is 1. The van der Waals surface area contributed by atoms with Crippen molar-refractivity contribution in [1.82, 2.24) is 19.9 Å². The van der Waals surface area contributed by atoms with Crippen LogP contribution in [0.25, 0.3) is 29.2 Å². The summed E-state index contributed by atoms with van der Waals surface area (Å²) in [7, 11) is 6.14. The number of aliphatic hydroxyl groups excluding tert-OH is 1. The molecule has 0 radical (unpaired) electrons. The van der Waals surface area contributed by atoms with E-state index >= 15 is 0 Å². The molecule has 0 aliphatic carbocycles. The average molecular weight is 909 g/mol. The molecule has 0 unspecified atom stereocenters. The number of cyclic esters (lactones) is 1. The second kappa shape index (κ2) is 25.2. The van der Waals surface area contributed by atoms with Crippen molar-refractivity contribution < 1.29 is 66.0 Å². The molecular formula is C47H64N4O14. The van der Waals surface area contributed by atoms with Crippen LogP contribution in [0.15, 0.2) is 62.5 Å². The van der Waals surface area contributed by atoms with Crippen molar-refractivity contribution >= 4 is 36.0 Å². The zero-order valence-corrected chi connectivity index (χ0v) is 38.9. The van der Waals surface area contributed by atoms with Crippen LogP contribution >= 0.6 is 0 Å². The Hall–Kier alpha value is -5.56. The molecule has 11 atom stereocenters. The van der Waals surface area contributed by atoms with E-state index in [1.807, 2.05) is 26.8 Å². The first-order chi connectivity index (χ1) is 31.0. The molecule has 1 amide bonds. The summed E-state index contributed by atoms with van der Waals surface area (Å²) in [5.41, 5.74) is 0.978. The largest absolute Gasteiger partial charge is 0.462 e. The number of Topliss-reactive ketones (excluding diaryl/α,β-unsaturated/α-hetero) is 1. The molecule has 0 saturated heterocycles. The maximum Gasteiger partial charge on any atom is 0.308 e. The average Bonchev–Trinajstić information content (AvgIpc) is 4.08. The van der Waals surface area contributed by atoms with Crippen LogP contribution in [0.2, 0.25) is 0 Å². The Bertz CT molecular complexity index is 2100. The van der Waals surface area contributed by atoms with Crippen LogP contribution in [0.3, 0.4) is 0 Å². The Balaban J connectivity index is 1.55. The first-order valence-corrected chi connectivity index (χ1v) is 21.7. The number of carbonyl (C=O) groups excluding carboxylic acids is 5. The van der Waals surface area contributed by atoms with Gasteiger partial charge in [-0.25, -0.2) is 15.0 Å². The minimum atomic E-state index is -1.16. The lowest BCUT2D eigenvalue weighted by molar-refractivity contribution is -0.159. The molecule has 1 N–H and O–H groups in total. The lowest BCUT2D eigenvalue weighted by Crippen LogP contribution is -2.39. The minimum absolute atomic E-state index is 0.00470. The summed E-state index contributed by atoms with van der Waals surface area (Å²) in [4.78, 5) is 78.2. The SMILES string of the molecule is CO[C@H]1C/C=C/c2nc(co2)-c2nc(co2)-c2nc(co2)[C@@H](OC)[C@@H](C)C(=O)/C=C/C[C@H](O)CC(=O)O[C@@H](C[C@H](OC)[C@@H](C)CCC(=O)[C@H](C)[C@H](OC(C)=O)[C@H](C)/C=C/N(C)C=O)[C@@H]1C. The zero-order valence-electron chi connectivity index (χ0n) is 38.9. The van der Waals surface area contributed by atoms with Crippen molar-refractivity contribution in [1.29, 1.82) is 0 Å². The fraction of sp³-hybridized carbons (Fsp3) is 0.574. The Kier molecular flexibility index (Phi) is 20.2. The molecule has 18 heteroatoms. The standard InChI is InChI=1S/C47H64N4O14/c1-27(17-18-38(56)29(3)44(64-32(6)53)28(2)19-20-51(7)26-52)40(59-9)22-41-31(5)39(58-8)15-12-16-42-48-35(24-61-42)46-50-36(25-63-46)47-49-34(23-62-47)45(60-10)30(4)37(55)14-11-13-33(54)21-43(57)65-41/h11-12,14,16,19-20,23-31,33,39-41,44-45,54H,13,15,17-18,21-22H2,1-10H3/b14-11+,16-12+,20-19+/t27-,28+,29-,30-,31+,33-,39-,40-,41-,44+,45-/m0/s1. The summed E-state index contributed by atoms with van der Waals surface area (Å²) in [6.07, 6.45) is 10.8. The Labute approximate surface area is 379 Å². The van der Waals surface area contributed by atoms with Gasteiger partial charge < -0.3 is 46.9 Å². The van der Waals surface area contributed by atoms with E-state index < -0.39 is 66.3 Å². The fourth-order valence-corrected chi connectivity index (χ4v) is 7.67. The van der Waals surface area contributed by atoms with Gasteiger partial charge in [0, 0.05) is 66.2 Å². The van der Waals surface area contributed by atoms with Crippen LogP contribution in [0, 0.1) is 29.6 Å². The van der Waals surface area contributed by atoms with Crippen LogP contribution in [-0.2, 0) is 47.7 Å². The maximum atomic E-state index is 13.6. The molecule has 3 aromatic rings. The van der Waals surface area contributed by atoms with E-state index in [4.69, 9.17) is 36.9 Å². The second-order valence-electron chi connectivity index (χ2n) is 16.7. The lowest BCUT2D eigenvalue weighted by atomic mass is 9.84. The lowest BCUT2D eigenvalue weighted by Gasteiger charge is -2.34. The molecular weight excluding hydrogens is 845 g/mol. The smallest absolute Gasteiger partial charge is 0.308 e. The number of nitrogens with zero attached hydrogens (tertiary/aromatic N) is 4. The third-order valence-electron chi connectivity index (χ3n) is 11.8. The van der Waals surface area contributed by atoms with Gasteiger partial charge in [0.25, 0.3) is 0 Å². The minimum Gasteiger partial charge on any atom is -0.462 e. The van der Waals surface area contributed by atoms with E-state index in [-0.39, 0.29) is 66.8 Å². The van der Waals surface area contributed by atoms with Gasteiger partial charge in [-0.2, -0.15) is 0 Å². The number of methoxy groups -OCH3 is 3. The van der Waals surface area contributed by atoms with E-state index in [1.165, 1.54) is 49.9 Å². The molecule has 3 aromatic heterocycles. The third kappa shape index (κ3) is 15.0. The summed E-state index contributed by atoms with van der Waals surface area (Å²) in [5, 5.41) is 10.9. The molecule has 65 heavy (non-hydrogen) atoms. The predicted octanol–water partition coefficient (Wildman–Crippen LogP) is 6.75. The van der Waals surface area contributed by atoms with Crippen molar-refractivity contribution in [2.24, 2.45) is 29.6 Å². The van der Waals surface area contributed by atoms with Crippen molar-refractivity contribution in [3.63, 3.8) is 0 Å². The Morgan fingerprint density at radius 2 is 1.62 bits per heavy atom. The third-order valence-corrected chi connectivity index (χ3v) is 11.8. The van der Waals surface area contributed by atoms with Crippen LogP contribution in [0.5, 0.6) is 0 Å². The number of fused-ring (bicyclic) bond motifs is 8. The van der Waals surface area contributed by atoms with Crippen molar-refractivity contribution in [3.8, 4) is 23.2 Å². The van der Waals surface area contributed by atoms with Crippen LogP contribution < -0.4 is 0 Å². The maximum absolute atomic E-state index is 13.6. The fourth-order valence-electron chi connectivity index (χ4n) is 7.67. The zero-order chi connectivity index (χ0) is 47.8. The number of carbonyl (C=O) groups is 5. The van der Waals surface area contributed by atoms with Crippen LogP contribution in [0.1, 0.15) is 97.8 Å². The summed E-state index contributed by atoms with van der Waals surface area (Å²) in [5.74, 6) is -3.32. The number of esters is 2. The number of rotatable bonds is 16. The summed E-state index contributed by atoms with van der Waals surface area (Å²) in [6.45, 7) is 10.3. The Morgan fingerprint density at radius 3 is 2.29 bits per heavy atom. The van der Waals surface area contributed by atoms with Gasteiger partial charge in [0.15, 0.2) is 17.2 Å². The van der Waals surface area contributed by atoms with Gasteiger partial charge in [-0.3, -0.25) is 24.0 Å². The molecule has 356 valence electrons. The van der Waals surface area contributed by atoms with Crippen molar-refractivity contribution in [3.05, 3.63) is 60.9 Å². The monoisotopic (exact) mass is 908 g/mol. The van der Waals surface area contributed by atoms with Gasteiger partial charge in [-0.1, -0.05) is 52.8 Å². The van der Waals surface area contributed by atoms with Crippen molar-refractivity contribution in [2.75, 3.05) is 28.4 Å². The number of hydrogen-bond acceptors (Lipinski definition) is 17. The second-order valence-corrected chi connectivity index (χ2v) is 16.7. The summed E-state index contributed by atoms with van der Waals surface area (Å²) >= 11 is 0.